The molecule has 0 bridgehead atoms. The maximum atomic E-state index is 10.4. The molecule has 0 aromatic rings. The van der Waals surface area contributed by atoms with Crippen LogP contribution in [0.15, 0.2) is 0 Å². The van der Waals surface area contributed by atoms with Crippen molar-refractivity contribution in [3.8, 4) is 0 Å². The largest absolute Gasteiger partial charge is 0.481 e. The molecule has 2 nitrogen and oxygen atoms in total. The molecule has 0 atom stereocenters. The van der Waals surface area contributed by atoms with Crippen LogP contribution in [0.2, 0.25) is 25.2 Å². The zero-order valence-corrected chi connectivity index (χ0v) is 17.2. The molecule has 0 unspecified atom stereocenters. The van der Waals surface area contributed by atoms with Gasteiger partial charge in [-0.2, -0.15) is 0 Å². The molecule has 0 saturated carbocycles. The van der Waals surface area contributed by atoms with Gasteiger partial charge in [0.2, 0.25) is 0 Å². The number of aliphatic carboxylic acids is 1. The van der Waals surface area contributed by atoms with Crippen LogP contribution in [-0.4, -0.2) is 19.1 Å². The fourth-order valence-electron chi connectivity index (χ4n) is 3.27. The van der Waals surface area contributed by atoms with Crippen LogP contribution in [0.4, 0.5) is 0 Å². The van der Waals surface area contributed by atoms with E-state index in [9.17, 15) is 4.79 Å². The molecule has 0 rings (SSSR count). The van der Waals surface area contributed by atoms with E-state index in [-0.39, 0.29) is 0 Å². The number of carbonyl (C=O) groups is 1. The topological polar surface area (TPSA) is 37.3 Å². The number of carboxylic acid groups (broad SMARTS) is 1. The summed E-state index contributed by atoms with van der Waals surface area (Å²) in [5.41, 5.74) is 0. The second-order valence-electron chi connectivity index (χ2n) is 8.05. The van der Waals surface area contributed by atoms with Crippen molar-refractivity contribution in [3.63, 3.8) is 0 Å². The van der Waals surface area contributed by atoms with Gasteiger partial charge in [-0.05, 0) is 6.42 Å². The van der Waals surface area contributed by atoms with Crippen LogP contribution in [0.5, 0.6) is 0 Å². The third kappa shape index (κ3) is 17.9. The standard InChI is InChI=1S/C20H42O2Si/c1-4-5-6-7-8-9-12-15-18-23(2,3)19-16-13-10-11-14-17-20(21)22/h4-19H2,1-3H3,(H,21,22). The lowest BCUT2D eigenvalue weighted by atomic mass is 10.1. The molecule has 0 aliphatic heterocycles. The molecular formula is C20H42O2Si. The zero-order valence-electron chi connectivity index (χ0n) is 16.2. The van der Waals surface area contributed by atoms with Gasteiger partial charge < -0.3 is 5.11 Å². The lowest BCUT2D eigenvalue weighted by Gasteiger charge is -2.22. The van der Waals surface area contributed by atoms with Crippen molar-refractivity contribution < 1.29 is 9.90 Å². The third-order valence-corrected chi connectivity index (χ3v) is 8.37. The molecule has 0 aromatic heterocycles. The lowest BCUT2D eigenvalue weighted by Crippen LogP contribution is -2.24. The van der Waals surface area contributed by atoms with Gasteiger partial charge in [0, 0.05) is 14.5 Å². The molecule has 0 heterocycles. The predicted octanol–water partition coefficient (Wildman–Crippen LogP) is 7.26. The minimum atomic E-state index is -0.965. The van der Waals surface area contributed by atoms with Crippen LogP contribution in [0.25, 0.3) is 0 Å². The first-order valence-electron chi connectivity index (χ1n) is 10.2. The first-order valence-corrected chi connectivity index (χ1v) is 13.6. The number of carboxylic acids is 1. The molecular weight excluding hydrogens is 300 g/mol. The van der Waals surface area contributed by atoms with Gasteiger partial charge in [-0.3, -0.25) is 4.79 Å². The van der Waals surface area contributed by atoms with E-state index in [0.29, 0.717) is 6.42 Å². The molecule has 0 radical (unpaired) electrons. The van der Waals surface area contributed by atoms with Crippen molar-refractivity contribution in [2.24, 2.45) is 0 Å². The summed E-state index contributed by atoms with van der Waals surface area (Å²) >= 11 is 0. The summed E-state index contributed by atoms with van der Waals surface area (Å²) in [6, 6.07) is 2.96. The molecule has 0 aliphatic rings. The van der Waals surface area contributed by atoms with Gasteiger partial charge in [-0.1, -0.05) is 109 Å². The highest BCUT2D eigenvalue weighted by molar-refractivity contribution is 6.77. The quantitative estimate of drug-likeness (QED) is 0.223. The summed E-state index contributed by atoms with van der Waals surface area (Å²) in [7, 11) is -0.965. The van der Waals surface area contributed by atoms with E-state index < -0.39 is 14.0 Å². The Labute approximate surface area is 146 Å². The summed E-state index contributed by atoms with van der Waals surface area (Å²) in [6.45, 7) is 7.39. The zero-order chi connectivity index (χ0) is 17.4. The van der Waals surface area contributed by atoms with Crippen LogP contribution in [-0.2, 0) is 4.79 Å². The molecule has 0 aromatic carbocycles. The highest BCUT2D eigenvalue weighted by Gasteiger charge is 2.18. The van der Waals surface area contributed by atoms with E-state index in [2.05, 4.69) is 20.0 Å². The molecule has 0 aliphatic carbocycles. The Hall–Kier alpha value is -0.313. The SMILES string of the molecule is CCCCCCCCCC[Si](C)(C)CCCCCCCC(=O)O. The Morgan fingerprint density at radius 1 is 0.696 bits per heavy atom. The lowest BCUT2D eigenvalue weighted by molar-refractivity contribution is -0.137. The minimum Gasteiger partial charge on any atom is -0.481 e. The average molecular weight is 343 g/mol. The molecule has 0 saturated heterocycles. The van der Waals surface area contributed by atoms with Crippen LogP contribution >= 0.6 is 0 Å². The second-order valence-corrected chi connectivity index (χ2v) is 13.4. The summed E-state index contributed by atoms with van der Waals surface area (Å²) in [6.07, 6.45) is 17.6. The minimum absolute atomic E-state index is 0.346. The Balaban J connectivity index is 3.38. The van der Waals surface area contributed by atoms with Crippen LogP contribution in [0, 0.1) is 0 Å². The fourth-order valence-corrected chi connectivity index (χ4v) is 5.94. The molecule has 0 fully saturated rings. The highest BCUT2D eigenvalue weighted by atomic mass is 28.3. The molecule has 3 heteroatoms. The van der Waals surface area contributed by atoms with E-state index in [4.69, 9.17) is 5.11 Å². The van der Waals surface area contributed by atoms with E-state index in [1.165, 1.54) is 82.7 Å². The van der Waals surface area contributed by atoms with Gasteiger partial charge >= 0.3 is 5.97 Å². The van der Waals surface area contributed by atoms with E-state index in [1.54, 1.807) is 0 Å². The predicted molar refractivity (Wildman–Crippen MR) is 105 cm³/mol. The smallest absolute Gasteiger partial charge is 0.303 e. The highest BCUT2D eigenvalue weighted by Crippen LogP contribution is 2.23. The Morgan fingerprint density at radius 2 is 1.09 bits per heavy atom. The number of rotatable bonds is 17. The third-order valence-electron chi connectivity index (χ3n) is 4.95. The van der Waals surface area contributed by atoms with Crippen LogP contribution < -0.4 is 0 Å². The van der Waals surface area contributed by atoms with Crippen molar-refractivity contribution in [2.75, 3.05) is 0 Å². The summed E-state index contributed by atoms with van der Waals surface area (Å²) in [5, 5.41) is 8.60. The monoisotopic (exact) mass is 342 g/mol. The summed E-state index contributed by atoms with van der Waals surface area (Å²) < 4.78 is 0. The van der Waals surface area contributed by atoms with Crippen molar-refractivity contribution in [1.82, 2.24) is 0 Å². The molecule has 0 spiro atoms. The van der Waals surface area contributed by atoms with Crippen molar-refractivity contribution >= 4 is 14.0 Å². The molecule has 1 N–H and O–H groups in total. The molecule has 0 amide bonds. The van der Waals surface area contributed by atoms with Gasteiger partial charge in [0.1, 0.15) is 0 Å². The van der Waals surface area contributed by atoms with Crippen LogP contribution in [0.1, 0.15) is 96.8 Å². The molecule has 138 valence electrons. The van der Waals surface area contributed by atoms with E-state index >= 15 is 0 Å². The summed E-state index contributed by atoms with van der Waals surface area (Å²) in [4.78, 5) is 10.4. The summed E-state index contributed by atoms with van der Waals surface area (Å²) in [5.74, 6) is -0.649. The van der Waals surface area contributed by atoms with E-state index in [1.807, 2.05) is 0 Å². The van der Waals surface area contributed by atoms with Crippen molar-refractivity contribution in [2.45, 2.75) is 122 Å². The second kappa shape index (κ2) is 15.2. The van der Waals surface area contributed by atoms with Gasteiger partial charge in [0.05, 0.1) is 0 Å². The van der Waals surface area contributed by atoms with Gasteiger partial charge in [-0.25, -0.2) is 0 Å². The average Bonchev–Trinajstić information content (AvgIpc) is 2.48. The number of unbranched alkanes of at least 4 members (excludes halogenated alkanes) is 11. The number of hydrogen-bond donors (Lipinski definition) is 1. The molecule has 23 heavy (non-hydrogen) atoms. The first kappa shape index (κ1) is 22.7. The van der Waals surface area contributed by atoms with E-state index in [0.717, 1.165) is 12.8 Å². The Morgan fingerprint density at radius 3 is 1.52 bits per heavy atom. The normalized spacial score (nSPS) is 11.8. The Bertz CT molecular complexity index is 277. The van der Waals surface area contributed by atoms with Gasteiger partial charge in [-0.15, -0.1) is 0 Å². The van der Waals surface area contributed by atoms with Crippen LogP contribution in [0.3, 0.4) is 0 Å². The van der Waals surface area contributed by atoms with Crippen molar-refractivity contribution in [1.29, 1.82) is 0 Å². The van der Waals surface area contributed by atoms with Gasteiger partial charge in [0.25, 0.3) is 0 Å². The Kier molecular flexibility index (Phi) is 15.0. The van der Waals surface area contributed by atoms with Gasteiger partial charge in [0.15, 0.2) is 0 Å². The maximum absolute atomic E-state index is 10.4. The maximum Gasteiger partial charge on any atom is 0.303 e. The first-order chi connectivity index (χ1) is 11.0. The fraction of sp³-hybridized carbons (Fsp3) is 0.950. The number of hydrogen-bond acceptors (Lipinski definition) is 1. The van der Waals surface area contributed by atoms with Crippen molar-refractivity contribution in [3.05, 3.63) is 0 Å².